The van der Waals surface area contributed by atoms with Crippen molar-refractivity contribution in [3.63, 3.8) is 0 Å². The van der Waals surface area contributed by atoms with E-state index in [0.717, 1.165) is 11.3 Å². The summed E-state index contributed by atoms with van der Waals surface area (Å²) in [5, 5.41) is 0. The molecule has 2 aromatic rings. The van der Waals surface area contributed by atoms with Gasteiger partial charge < -0.3 is 9.47 Å². The molecule has 0 fully saturated rings. The van der Waals surface area contributed by atoms with Crippen LogP contribution in [0.1, 0.15) is 12.5 Å². The minimum absolute atomic E-state index is 0.0205. The Bertz CT molecular complexity index is 849. The van der Waals surface area contributed by atoms with E-state index in [1.807, 2.05) is 38.1 Å². The van der Waals surface area contributed by atoms with Crippen LogP contribution in [-0.2, 0) is 10.0 Å². The third-order valence-electron chi connectivity index (χ3n) is 3.31. The van der Waals surface area contributed by atoms with Gasteiger partial charge in [0.1, 0.15) is 18.1 Å². The molecule has 25 heavy (non-hydrogen) atoms. The number of benzene rings is 2. The van der Waals surface area contributed by atoms with Crippen molar-refractivity contribution in [3.05, 3.63) is 54.1 Å². The number of hydrogen-bond donors (Lipinski definition) is 1. The minimum atomic E-state index is -3.59. The second-order valence-corrected chi connectivity index (χ2v) is 6.90. The quantitative estimate of drug-likeness (QED) is 0.772. The summed E-state index contributed by atoms with van der Waals surface area (Å²) in [5.41, 5.74) is 1.03. The van der Waals surface area contributed by atoms with Crippen molar-refractivity contribution in [3.8, 4) is 23.3 Å². The summed E-state index contributed by atoms with van der Waals surface area (Å²) in [6, 6.07) is 13.9. The van der Waals surface area contributed by atoms with Gasteiger partial charge in [0.15, 0.2) is 0 Å². The van der Waals surface area contributed by atoms with Gasteiger partial charge in [-0.1, -0.05) is 30.0 Å². The van der Waals surface area contributed by atoms with Crippen molar-refractivity contribution in [2.75, 3.05) is 19.8 Å². The van der Waals surface area contributed by atoms with Gasteiger partial charge in [0.05, 0.1) is 18.0 Å². The molecule has 0 spiro atoms. The molecule has 0 bridgehead atoms. The van der Waals surface area contributed by atoms with E-state index in [0.29, 0.717) is 12.4 Å². The lowest BCUT2D eigenvalue weighted by atomic mass is 10.2. The van der Waals surface area contributed by atoms with Crippen LogP contribution in [0, 0.1) is 18.8 Å². The molecule has 0 unspecified atom stereocenters. The number of sulfonamides is 1. The van der Waals surface area contributed by atoms with E-state index in [1.54, 1.807) is 12.1 Å². The molecule has 0 radical (unpaired) electrons. The van der Waals surface area contributed by atoms with Crippen molar-refractivity contribution < 1.29 is 17.9 Å². The molecule has 0 heterocycles. The van der Waals surface area contributed by atoms with Gasteiger partial charge in [-0.15, -0.1) is 0 Å². The molecular weight excluding hydrogens is 338 g/mol. The largest absolute Gasteiger partial charge is 0.494 e. The Kier molecular flexibility index (Phi) is 6.87. The van der Waals surface area contributed by atoms with Gasteiger partial charge in [-0.3, -0.25) is 0 Å². The molecular formula is C19H21NO4S. The molecule has 0 saturated heterocycles. The average molecular weight is 359 g/mol. The molecule has 2 aromatic carbocycles. The van der Waals surface area contributed by atoms with Crippen molar-refractivity contribution in [2.45, 2.75) is 18.7 Å². The van der Waals surface area contributed by atoms with Gasteiger partial charge in [0.25, 0.3) is 0 Å². The summed E-state index contributed by atoms with van der Waals surface area (Å²) in [6.45, 7) is 4.58. The topological polar surface area (TPSA) is 64.6 Å². The van der Waals surface area contributed by atoms with Crippen LogP contribution >= 0.6 is 0 Å². The lowest BCUT2D eigenvalue weighted by Gasteiger charge is -2.06. The lowest BCUT2D eigenvalue weighted by Crippen LogP contribution is -2.24. The molecule has 132 valence electrons. The average Bonchev–Trinajstić information content (AvgIpc) is 2.60. The molecule has 5 nitrogen and oxygen atoms in total. The van der Waals surface area contributed by atoms with Crippen molar-refractivity contribution >= 4 is 10.0 Å². The summed E-state index contributed by atoms with van der Waals surface area (Å²) < 4.78 is 37.6. The highest BCUT2D eigenvalue weighted by Crippen LogP contribution is 2.16. The molecule has 0 amide bonds. The maximum absolute atomic E-state index is 12.1. The zero-order valence-electron chi connectivity index (χ0n) is 14.3. The van der Waals surface area contributed by atoms with Gasteiger partial charge in [-0.2, -0.15) is 4.72 Å². The Hall–Kier alpha value is -2.49. The number of nitrogens with one attached hydrogen (secondary N) is 1. The number of para-hydroxylation sites is 1. The first-order valence-corrected chi connectivity index (χ1v) is 9.38. The molecule has 0 saturated carbocycles. The number of aryl methyl sites for hydroxylation is 1. The Morgan fingerprint density at radius 2 is 1.72 bits per heavy atom. The fourth-order valence-electron chi connectivity index (χ4n) is 2.04. The minimum Gasteiger partial charge on any atom is -0.494 e. The SMILES string of the molecule is CCOc1ccc(S(=O)(=O)NCC#CCOc2ccccc2C)cc1. The van der Waals surface area contributed by atoms with Crippen LogP contribution in [0.15, 0.2) is 53.4 Å². The third-order valence-corrected chi connectivity index (χ3v) is 4.73. The highest BCUT2D eigenvalue weighted by Gasteiger charge is 2.12. The number of hydrogen-bond acceptors (Lipinski definition) is 4. The molecule has 1 N–H and O–H groups in total. The van der Waals surface area contributed by atoms with Gasteiger partial charge in [0.2, 0.25) is 10.0 Å². The lowest BCUT2D eigenvalue weighted by molar-refractivity contribution is 0.340. The second kappa shape index (κ2) is 9.11. The zero-order chi connectivity index (χ0) is 18.1. The van der Waals surface area contributed by atoms with Crippen molar-refractivity contribution in [2.24, 2.45) is 0 Å². The van der Waals surface area contributed by atoms with E-state index in [4.69, 9.17) is 9.47 Å². The van der Waals surface area contributed by atoms with E-state index in [2.05, 4.69) is 16.6 Å². The van der Waals surface area contributed by atoms with Gasteiger partial charge in [-0.05, 0) is 49.7 Å². The molecule has 0 aliphatic rings. The maximum atomic E-state index is 12.1. The summed E-state index contributed by atoms with van der Waals surface area (Å²) in [6.07, 6.45) is 0. The molecule has 0 atom stereocenters. The zero-order valence-corrected chi connectivity index (χ0v) is 15.1. The Balaban J connectivity index is 1.83. The molecule has 6 heteroatoms. The van der Waals surface area contributed by atoms with Crippen LogP contribution in [-0.4, -0.2) is 28.2 Å². The summed E-state index contributed by atoms with van der Waals surface area (Å²) in [5.74, 6) is 6.94. The number of ether oxygens (including phenoxy) is 2. The van der Waals surface area contributed by atoms with Crippen LogP contribution in [0.2, 0.25) is 0 Å². The first kappa shape index (κ1) is 18.8. The van der Waals surface area contributed by atoms with Crippen LogP contribution in [0.4, 0.5) is 0 Å². The number of rotatable bonds is 7. The Morgan fingerprint density at radius 1 is 1.00 bits per heavy atom. The van der Waals surface area contributed by atoms with Gasteiger partial charge >= 0.3 is 0 Å². The van der Waals surface area contributed by atoms with Crippen LogP contribution < -0.4 is 14.2 Å². The maximum Gasteiger partial charge on any atom is 0.241 e. The van der Waals surface area contributed by atoms with E-state index in [9.17, 15) is 8.42 Å². The first-order chi connectivity index (χ1) is 12.0. The highest BCUT2D eigenvalue weighted by molar-refractivity contribution is 7.89. The van der Waals surface area contributed by atoms with E-state index in [-0.39, 0.29) is 18.0 Å². The normalized spacial score (nSPS) is 10.6. The van der Waals surface area contributed by atoms with Gasteiger partial charge in [0, 0.05) is 0 Å². The fourth-order valence-corrected chi connectivity index (χ4v) is 2.97. The van der Waals surface area contributed by atoms with E-state index >= 15 is 0 Å². The van der Waals surface area contributed by atoms with Crippen molar-refractivity contribution in [1.29, 1.82) is 0 Å². The molecule has 0 aliphatic carbocycles. The summed E-state index contributed by atoms with van der Waals surface area (Å²) >= 11 is 0. The molecule has 0 aromatic heterocycles. The predicted octanol–water partition coefficient (Wildman–Crippen LogP) is 2.75. The molecule has 2 rings (SSSR count). The standard InChI is InChI=1S/C19H21NO4S/c1-3-23-17-10-12-18(13-11-17)25(21,22)20-14-6-7-15-24-19-9-5-4-8-16(19)2/h4-5,8-13,20H,3,14-15H2,1-2H3. The third kappa shape index (κ3) is 5.82. The first-order valence-electron chi connectivity index (χ1n) is 7.89. The highest BCUT2D eigenvalue weighted by atomic mass is 32.2. The van der Waals surface area contributed by atoms with Crippen LogP contribution in [0.5, 0.6) is 11.5 Å². The van der Waals surface area contributed by atoms with E-state index < -0.39 is 10.0 Å². The predicted molar refractivity (Wildman–Crippen MR) is 97.2 cm³/mol. The fraction of sp³-hybridized carbons (Fsp3) is 0.263. The smallest absolute Gasteiger partial charge is 0.241 e. The summed E-state index contributed by atoms with van der Waals surface area (Å²) in [4.78, 5) is 0.175. The molecule has 0 aliphatic heterocycles. The van der Waals surface area contributed by atoms with Gasteiger partial charge in [-0.25, -0.2) is 8.42 Å². The second-order valence-electron chi connectivity index (χ2n) is 5.14. The Morgan fingerprint density at radius 3 is 2.40 bits per heavy atom. The van der Waals surface area contributed by atoms with Crippen molar-refractivity contribution in [1.82, 2.24) is 4.72 Å². The summed E-state index contributed by atoms with van der Waals surface area (Å²) in [7, 11) is -3.59. The van der Waals surface area contributed by atoms with Crippen LogP contribution in [0.25, 0.3) is 0 Å². The van der Waals surface area contributed by atoms with Crippen LogP contribution in [0.3, 0.4) is 0 Å². The monoisotopic (exact) mass is 359 g/mol. The van der Waals surface area contributed by atoms with E-state index in [1.165, 1.54) is 12.1 Å². The Labute approximate surface area is 149 Å².